The van der Waals surface area contributed by atoms with Gasteiger partial charge in [-0.15, -0.1) is 0 Å². The molecule has 0 N–H and O–H groups in total. The van der Waals surface area contributed by atoms with E-state index in [0.717, 1.165) is 16.7 Å². The van der Waals surface area contributed by atoms with Crippen LogP contribution in [0.25, 0.3) is 5.57 Å². The third-order valence-electron chi connectivity index (χ3n) is 4.86. The van der Waals surface area contributed by atoms with Gasteiger partial charge in [0.1, 0.15) is 18.4 Å². The molecule has 1 aromatic carbocycles. The Balaban J connectivity index is 1.51. The molecule has 1 saturated heterocycles. The monoisotopic (exact) mass is 361 g/mol. The average Bonchev–Trinajstić information content (AvgIpc) is 2.72. The van der Waals surface area contributed by atoms with Crippen LogP contribution in [0.3, 0.4) is 0 Å². The Hall–Kier alpha value is -3.17. The average molecular weight is 361 g/mol. The van der Waals surface area contributed by atoms with Crippen molar-refractivity contribution in [3.8, 4) is 6.07 Å². The molecule has 0 spiro atoms. The summed E-state index contributed by atoms with van der Waals surface area (Å²) >= 11 is 0. The maximum absolute atomic E-state index is 12.7. The third-order valence-corrected chi connectivity index (χ3v) is 4.86. The summed E-state index contributed by atoms with van der Waals surface area (Å²) in [6.45, 7) is 1.17. The van der Waals surface area contributed by atoms with Gasteiger partial charge in [0, 0.05) is 6.20 Å². The van der Waals surface area contributed by atoms with E-state index < -0.39 is 0 Å². The Morgan fingerprint density at radius 3 is 2.93 bits per heavy atom. The number of aromatic nitrogens is 1. The fourth-order valence-electron chi connectivity index (χ4n) is 3.58. The van der Waals surface area contributed by atoms with E-state index in [0.29, 0.717) is 25.3 Å². The van der Waals surface area contributed by atoms with Crippen LogP contribution < -0.4 is 0 Å². The molecule has 0 aliphatic carbocycles. The number of fused-ring (bicyclic) bond motifs is 2. The van der Waals surface area contributed by atoms with Gasteiger partial charge in [0.15, 0.2) is 0 Å². The molecule has 3 heterocycles. The molecule has 1 aromatic heterocycles. The van der Waals surface area contributed by atoms with Crippen molar-refractivity contribution in [2.24, 2.45) is 0 Å². The zero-order valence-electron chi connectivity index (χ0n) is 14.7. The predicted octanol–water partition coefficient (Wildman–Crippen LogP) is 3.15. The molecule has 2 bridgehead atoms. The Kier molecular flexibility index (Phi) is 4.86. The molecule has 2 atom stereocenters. The van der Waals surface area contributed by atoms with Crippen LogP contribution in [0.4, 0.5) is 4.79 Å². The Morgan fingerprint density at radius 2 is 2.15 bits per heavy atom. The number of rotatable bonds is 3. The minimum absolute atomic E-state index is 0.0780. The van der Waals surface area contributed by atoms with Gasteiger partial charge in [-0.3, -0.25) is 4.90 Å². The van der Waals surface area contributed by atoms with Gasteiger partial charge in [-0.2, -0.15) is 5.26 Å². The molecule has 2 unspecified atom stereocenters. The molecule has 1 amide bonds. The number of carbonyl (C=O) groups excluding carboxylic acids is 1. The lowest BCUT2D eigenvalue weighted by Gasteiger charge is -2.43. The summed E-state index contributed by atoms with van der Waals surface area (Å²) in [5, 5.41) is 9.07. The first-order valence-corrected chi connectivity index (χ1v) is 8.88. The molecule has 6 nitrogen and oxygen atoms in total. The maximum atomic E-state index is 12.7. The van der Waals surface area contributed by atoms with E-state index in [1.807, 2.05) is 42.5 Å². The number of morpholine rings is 1. The van der Waals surface area contributed by atoms with E-state index in [1.165, 1.54) is 0 Å². The quantitative estimate of drug-likeness (QED) is 0.839. The zero-order chi connectivity index (χ0) is 18.6. The number of hydrogen-bond donors (Lipinski definition) is 0. The molecule has 2 aliphatic heterocycles. The Morgan fingerprint density at radius 1 is 1.30 bits per heavy atom. The SMILES string of the molecule is N#Cc1cc(C2=CC3COCC(C2)N3C(=O)OCc2ccccc2)ccn1. The fourth-order valence-corrected chi connectivity index (χ4v) is 3.58. The number of pyridine rings is 1. The number of nitriles is 1. The van der Waals surface area contributed by atoms with Crippen LogP contribution >= 0.6 is 0 Å². The van der Waals surface area contributed by atoms with Crippen molar-refractivity contribution in [1.82, 2.24) is 9.88 Å². The summed E-state index contributed by atoms with van der Waals surface area (Å²) in [4.78, 5) is 18.5. The predicted molar refractivity (Wildman–Crippen MR) is 98.4 cm³/mol. The molecular formula is C21H19N3O3. The van der Waals surface area contributed by atoms with Gasteiger partial charge >= 0.3 is 6.09 Å². The molecule has 136 valence electrons. The van der Waals surface area contributed by atoms with Crippen molar-refractivity contribution in [2.75, 3.05) is 13.2 Å². The first-order chi connectivity index (χ1) is 13.2. The van der Waals surface area contributed by atoms with Crippen LogP contribution in [-0.2, 0) is 16.1 Å². The van der Waals surface area contributed by atoms with Gasteiger partial charge in [0.2, 0.25) is 0 Å². The van der Waals surface area contributed by atoms with E-state index in [4.69, 9.17) is 14.7 Å². The topological polar surface area (TPSA) is 75.5 Å². The molecule has 0 saturated carbocycles. The van der Waals surface area contributed by atoms with E-state index >= 15 is 0 Å². The highest BCUT2D eigenvalue weighted by molar-refractivity contribution is 5.74. The molecule has 1 fully saturated rings. The minimum Gasteiger partial charge on any atom is -0.445 e. The van der Waals surface area contributed by atoms with Crippen molar-refractivity contribution in [1.29, 1.82) is 5.26 Å². The Bertz CT molecular complexity index is 904. The van der Waals surface area contributed by atoms with Crippen LogP contribution in [0, 0.1) is 11.3 Å². The summed E-state index contributed by atoms with van der Waals surface area (Å²) in [6, 6.07) is 15.1. The van der Waals surface area contributed by atoms with Crippen LogP contribution in [-0.4, -0.2) is 41.3 Å². The van der Waals surface area contributed by atoms with Gasteiger partial charge in [-0.05, 0) is 35.3 Å². The summed E-state index contributed by atoms with van der Waals surface area (Å²) < 4.78 is 11.2. The molecule has 0 radical (unpaired) electrons. The summed E-state index contributed by atoms with van der Waals surface area (Å²) in [5.74, 6) is 0. The Labute approximate surface area is 157 Å². The highest BCUT2D eigenvalue weighted by atomic mass is 16.6. The van der Waals surface area contributed by atoms with Crippen LogP contribution in [0.5, 0.6) is 0 Å². The van der Waals surface area contributed by atoms with Crippen LogP contribution in [0.2, 0.25) is 0 Å². The number of carbonyl (C=O) groups is 1. The maximum Gasteiger partial charge on any atom is 0.411 e. The summed E-state index contributed by atoms with van der Waals surface area (Å²) in [5.41, 5.74) is 3.43. The van der Waals surface area contributed by atoms with Gasteiger partial charge in [-0.25, -0.2) is 9.78 Å². The lowest BCUT2D eigenvalue weighted by atomic mass is 9.90. The van der Waals surface area contributed by atoms with E-state index in [2.05, 4.69) is 11.1 Å². The van der Waals surface area contributed by atoms with Crippen LogP contribution in [0.1, 0.15) is 23.2 Å². The highest BCUT2D eigenvalue weighted by Gasteiger charge is 2.39. The molecule has 27 heavy (non-hydrogen) atoms. The van der Waals surface area contributed by atoms with Crippen molar-refractivity contribution in [2.45, 2.75) is 25.1 Å². The lowest BCUT2D eigenvalue weighted by molar-refractivity contribution is -0.0342. The van der Waals surface area contributed by atoms with Gasteiger partial charge in [0.05, 0.1) is 25.3 Å². The van der Waals surface area contributed by atoms with Crippen molar-refractivity contribution >= 4 is 11.7 Å². The number of benzene rings is 1. The van der Waals surface area contributed by atoms with E-state index in [9.17, 15) is 4.79 Å². The third kappa shape index (κ3) is 3.69. The standard InChI is InChI=1S/C21H19N3O3/c22-11-18-8-16(6-7-23-18)17-9-19-13-26-14-20(10-17)24(19)21(25)27-12-15-4-2-1-3-5-15/h1-9,19-20H,10,12-14H2. The van der Waals surface area contributed by atoms with Gasteiger partial charge in [0.25, 0.3) is 0 Å². The molecule has 4 rings (SSSR count). The molecular weight excluding hydrogens is 342 g/mol. The second-order valence-electron chi connectivity index (χ2n) is 6.64. The summed E-state index contributed by atoms with van der Waals surface area (Å²) in [7, 11) is 0. The van der Waals surface area contributed by atoms with E-state index in [-0.39, 0.29) is 24.8 Å². The number of hydrogen-bond acceptors (Lipinski definition) is 5. The number of ether oxygens (including phenoxy) is 2. The largest absolute Gasteiger partial charge is 0.445 e. The van der Waals surface area contributed by atoms with Crippen molar-refractivity contribution in [3.05, 3.63) is 71.6 Å². The molecule has 2 aromatic rings. The zero-order valence-corrected chi connectivity index (χ0v) is 14.7. The minimum atomic E-state index is -0.320. The smallest absolute Gasteiger partial charge is 0.411 e. The normalized spacial score (nSPS) is 21.1. The number of nitrogens with zero attached hydrogens (tertiary/aromatic N) is 3. The first kappa shape index (κ1) is 17.3. The molecule has 2 aliphatic rings. The molecule has 6 heteroatoms. The van der Waals surface area contributed by atoms with Crippen molar-refractivity contribution in [3.63, 3.8) is 0 Å². The van der Waals surface area contributed by atoms with Crippen LogP contribution in [0.15, 0.2) is 54.7 Å². The van der Waals surface area contributed by atoms with E-state index in [1.54, 1.807) is 17.2 Å². The first-order valence-electron chi connectivity index (χ1n) is 8.88. The van der Waals surface area contributed by atoms with Gasteiger partial charge < -0.3 is 9.47 Å². The highest BCUT2D eigenvalue weighted by Crippen LogP contribution is 2.33. The second kappa shape index (κ2) is 7.60. The number of amides is 1. The second-order valence-corrected chi connectivity index (χ2v) is 6.64. The van der Waals surface area contributed by atoms with Crippen molar-refractivity contribution < 1.29 is 14.3 Å². The lowest BCUT2D eigenvalue weighted by Crippen LogP contribution is -2.56. The summed E-state index contributed by atoms with van der Waals surface area (Å²) in [6.07, 6.45) is 4.02. The van der Waals surface area contributed by atoms with Gasteiger partial charge in [-0.1, -0.05) is 36.4 Å². The fraction of sp³-hybridized carbons (Fsp3) is 0.286.